The number of ether oxygens (including phenoxy) is 1. The first-order chi connectivity index (χ1) is 16.5. The third kappa shape index (κ3) is 4.69. The van der Waals surface area contributed by atoms with Crippen LogP contribution in [0.5, 0.6) is 11.5 Å². The van der Waals surface area contributed by atoms with E-state index in [-0.39, 0.29) is 38.6 Å². The zero-order valence-electron chi connectivity index (χ0n) is 17.8. The predicted octanol–water partition coefficient (Wildman–Crippen LogP) is 3.41. The summed E-state index contributed by atoms with van der Waals surface area (Å²) >= 11 is 6.60. The number of allylic oxidation sites excluding steroid dienone is 1. The number of alkyl halides is 3. The Morgan fingerprint density at radius 1 is 1.23 bits per heavy atom. The number of aromatic hydroxyl groups is 2. The molecule has 0 unspecified atom stereocenters. The predicted molar refractivity (Wildman–Crippen MR) is 122 cm³/mol. The van der Waals surface area contributed by atoms with Gasteiger partial charge in [-0.25, -0.2) is 9.79 Å². The number of phenolic OH excluding ortho intramolecular Hbond substituents is 2. The maximum atomic E-state index is 14.1. The number of phenols is 2. The molecule has 0 amide bonds. The van der Waals surface area contributed by atoms with Crippen molar-refractivity contribution in [3.05, 3.63) is 89.6 Å². The van der Waals surface area contributed by atoms with E-state index in [1.54, 1.807) is 0 Å². The Morgan fingerprint density at radius 2 is 1.91 bits per heavy atom. The van der Waals surface area contributed by atoms with Crippen LogP contribution >= 0.6 is 22.9 Å². The van der Waals surface area contributed by atoms with Gasteiger partial charge in [-0.2, -0.15) is 13.2 Å². The number of aromatic nitrogens is 1. The van der Waals surface area contributed by atoms with Crippen LogP contribution in [-0.2, 0) is 9.53 Å². The molecule has 182 valence electrons. The van der Waals surface area contributed by atoms with Gasteiger partial charge in [-0.3, -0.25) is 9.36 Å². The average Bonchev–Trinajstić information content (AvgIpc) is 3.10. The smallest absolute Gasteiger partial charge is 0.434 e. The first-order valence-electron chi connectivity index (χ1n) is 10.1. The molecule has 0 fully saturated rings. The molecule has 0 spiro atoms. The number of carbonyl (C=O) groups excluding carboxylic acids is 1. The van der Waals surface area contributed by atoms with Gasteiger partial charge in [0.05, 0.1) is 22.8 Å². The molecule has 1 aliphatic heterocycles. The lowest BCUT2D eigenvalue weighted by Crippen LogP contribution is -2.41. The van der Waals surface area contributed by atoms with Crippen LogP contribution in [0.4, 0.5) is 13.2 Å². The van der Waals surface area contributed by atoms with E-state index in [0.29, 0.717) is 16.4 Å². The monoisotopic (exact) mass is 524 g/mol. The molecule has 2 N–H and O–H groups in total. The molecule has 0 saturated heterocycles. The fourth-order valence-corrected chi connectivity index (χ4v) is 4.71. The summed E-state index contributed by atoms with van der Waals surface area (Å²) in [6, 6.07) is 7.86. The Bertz CT molecular complexity index is 1520. The second-order valence-electron chi connectivity index (χ2n) is 7.36. The summed E-state index contributed by atoms with van der Waals surface area (Å²) in [7, 11) is 0. The lowest BCUT2D eigenvalue weighted by Gasteiger charge is -2.26. The number of carbonyl (C=O) groups is 1. The number of esters is 1. The largest absolute Gasteiger partial charge is 0.508 e. The maximum absolute atomic E-state index is 14.1. The van der Waals surface area contributed by atoms with Crippen LogP contribution < -0.4 is 14.9 Å². The minimum atomic E-state index is -5.02. The van der Waals surface area contributed by atoms with E-state index in [0.717, 1.165) is 10.6 Å². The Labute approximate surface area is 204 Å². The van der Waals surface area contributed by atoms with Gasteiger partial charge in [0.15, 0.2) is 10.5 Å². The highest BCUT2D eigenvalue weighted by molar-refractivity contribution is 7.07. The molecule has 0 bridgehead atoms. The van der Waals surface area contributed by atoms with Crippen LogP contribution in [0, 0.1) is 0 Å². The number of hydrogen-bond acceptors (Lipinski definition) is 7. The van der Waals surface area contributed by atoms with E-state index in [1.165, 1.54) is 49.4 Å². The summed E-state index contributed by atoms with van der Waals surface area (Å²) in [5.41, 5.74) is -2.68. The topological polar surface area (TPSA) is 101 Å². The van der Waals surface area contributed by atoms with E-state index in [2.05, 4.69) is 4.99 Å². The summed E-state index contributed by atoms with van der Waals surface area (Å²) in [5, 5.41) is 19.9. The number of rotatable bonds is 4. The zero-order chi connectivity index (χ0) is 25.5. The Morgan fingerprint density at radius 3 is 2.51 bits per heavy atom. The van der Waals surface area contributed by atoms with E-state index in [1.807, 2.05) is 0 Å². The van der Waals surface area contributed by atoms with Crippen LogP contribution in [0.1, 0.15) is 24.1 Å². The zero-order valence-corrected chi connectivity index (χ0v) is 19.4. The van der Waals surface area contributed by atoms with Gasteiger partial charge in [-0.05, 0) is 42.8 Å². The molecule has 4 rings (SSSR count). The standard InChI is InChI=1S/C23H16ClF3N2O5S/c1-2-34-21(33)17-18(11-3-6-13(24)7-4-11)29-20(32)16(9-12-5-8-14(30)10-15(12)31)35-22(29)28-19(17)23(25,26)27/h3-10,18,30-31H,2H2,1H3/b16-9+/t18-/m0/s1. The van der Waals surface area contributed by atoms with Crippen molar-refractivity contribution in [3.8, 4) is 11.5 Å². The number of hydrogen-bond donors (Lipinski definition) is 2. The highest BCUT2D eigenvalue weighted by Gasteiger charge is 2.45. The van der Waals surface area contributed by atoms with Crippen LogP contribution in [-0.4, -0.2) is 33.5 Å². The van der Waals surface area contributed by atoms with Crippen molar-refractivity contribution in [1.29, 1.82) is 0 Å². The third-order valence-electron chi connectivity index (χ3n) is 5.08. The third-order valence-corrected chi connectivity index (χ3v) is 6.32. The SMILES string of the molecule is CCOC(=O)C1=C(C(F)(F)F)N=c2s/c(=C/c3ccc(O)cc3O)c(=O)n2[C@H]1c1ccc(Cl)cc1. The molecule has 2 heterocycles. The molecule has 3 aromatic rings. The highest BCUT2D eigenvalue weighted by Crippen LogP contribution is 2.38. The van der Waals surface area contributed by atoms with Crippen molar-refractivity contribution in [1.82, 2.24) is 4.57 Å². The van der Waals surface area contributed by atoms with Crippen molar-refractivity contribution in [2.24, 2.45) is 4.99 Å². The van der Waals surface area contributed by atoms with Gasteiger partial charge in [0.25, 0.3) is 5.56 Å². The summed E-state index contributed by atoms with van der Waals surface area (Å²) in [4.78, 5) is 29.5. The normalized spacial score (nSPS) is 16.1. The Balaban J connectivity index is 2.05. The van der Waals surface area contributed by atoms with E-state index >= 15 is 0 Å². The maximum Gasteiger partial charge on any atom is 0.434 e. The van der Waals surface area contributed by atoms with Gasteiger partial charge in [-0.1, -0.05) is 35.1 Å². The van der Waals surface area contributed by atoms with Gasteiger partial charge >= 0.3 is 12.1 Å². The summed E-state index contributed by atoms with van der Waals surface area (Å²) in [6.45, 7) is 1.26. The Hall–Kier alpha value is -3.57. The lowest BCUT2D eigenvalue weighted by atomic mass is 9.95. The van der Waals surface area contributed by atoms with Gasteiger partial charge in [0.1, 0.15) is 11.5 Å². The van der Waals surface area contributed by atoms with Crippen molar-refractivity contribution >= 4 is 35.0 Å². The fourth-order valence-electron chi connectivity index (χ4n) is 3.60. The van der Waals surface area contributed by atoms with Gasteiger partial charge in [0, 0.05) is 16.7 Å². The van der Waals surface area contributed by atoms with Crippen molar-refractivity contribution < 1.29 is 32.9 Å². The molecule has 1 aliphatic rings. The number of halogens is 4. The van der Waals surface area contributed by atoms with Crippen LogP contribution in [0.2, 0.25) is 5.02 Å². The van der Waals surface area contributed by atoms with Crippen LogP contribution in [0.15, 0.2) is 63.5 Å². The van der Waals surface area contributed by atoms with E-state index < -0.39 is 35.0 Å². The molecule has 35 heavy (non-hydrogen) atoms. The summed E-state index contributed by atoms with van der Waals surface area (Å²) < 4.78 is 48.0. The van der Waals surface area contributed by atoms with Gasteiger partial charge in [-0.15, -0.1) is 0 Å². The van der Waals surface area contributed by atoms with Gasteiger partial charge in [0.2, 0.25) is 0 Å². The number of fused-ring (bicyclic) bond motifs is 1. The van der Waals surface area contributed by atoms with Crippen molar-refractivity contribution in [2.45, 2.75) is 19.1 Å². The number of thiazole rings is 1. The molecular weight excluding hydrogens is 509 g/mol. The van der Waals surface area contributed by atoms with Crippen LogP contribution in [0.3, 0.4) is 0 Å². The quantitative estimate of drug-likeness (QED) is 0.509. The van der Waals surface area contributed by atoms with E-state index in [9.17, 15) is 33.0 Å². The molecule has 7 nitrogen and oxygen atoms in total. The molecule has 12 heteroatoms. The number of benzene rings is 2. The molecule has 2 aromatic carbocycles. The molecular formula is C23H16ClF3N2O5S. The Kier molecular flexibility index (Phi) is 6.48. The summed E-state index contributed by atoms with van der Waals surface area (Å²) in [5.74, 6) is -1.81. The lowest BCUT2D eigenvalue weighted by molar-refractivity contribution is -0.140. The van der Waals surface area contributed by atoms with E-state index in [4.69, 9.17) is 16.3 Å². The second kappa shape index (κ2) is 9.23. The van der Waals surface area contributed by atoms with Crippen molar-refractivity contribution in [2.75, 3.05) is 6.61 Å². The average molecular weight is 525 g/mol. The van der Waals surface area contributed by atoms with Gasteiger partial charge < -0.3 is 14.9 Å². The minimum absolute atomic E-state index is 0.0460. The molecule has 0 saturated carbocycles. The molecule has 0 radical (unpaired) electrons. The highest BCUT2D eigenvalue weighted by atomic mass is 35.5. The van der Waals surface area contributed by atoms with Crippen LogP contribution in [0.25, 0.3) is 6.08 Å². The fraction of sp³-hybridized carbons (Fsp3) is 0.174. The molecule has 1 aromatic heterocycles. The first kappa shape index (κ1) is 24.6. The second-order valence-corrected chi connectivity index (χ2v) is 8.80. The molecule has 0 aliphatic carbocycles. The van der Waals surface area contributed by atoms with Crippen molar-refractivity contribution in [3.63, 3.8) is 0 Å². The minimum Gasteiger partial charge on any atom is -0.508 e. The first-order valence-corrected chi connectivity index (χ1v) is 11.3. The summed E-state index contributed by atoms with van der Waals surface area (Å²) in [6.07, 6.45) is -3.75. The number of nitrogens with zero attached hydrogens (tertiary/aromatic N) is 2. The molecule has 1 atom stereocenters.